The van der Waals surface area contributed by atoms with Gasteiger partial charge in [-0.15, -0.1) is 0 Å². The lowest BCUT2D eigenvalue weighted by Gasteiger charge is -2.22. The Bertz CT molecular complexity index is 153. The number of nitrogens with two attached hydrogens (primary N) is 1. The number of likely N-dealkylation sites (tertiary alicyclic amines) is 1. The molecule has 1 fully saturated rings. The standard InChI is InChI=1S/C10H22N2O/c1-10(2,3)13-7-6-12-5-4-9(11)8-12/h9H,4-8,11H2,1-3H3. The Kier molecular flexibility index (Phi) is 3.71. The Morgan fingerprint density at radius 2 is 2.15 bits per heavy atom. The minimum atomic E-state index is -0.0121. The SMILES string of the molecule is CC(C)(C)OCCN1CCC(N)C1. The molecule has 0 radical (unpaired) electrons. The van der Waals surface area contributed by atoms with Crippen LogP contribution >= 0.6 is 0 Å². The fraction of sp³-hybridized carbons (Fsp3) is 1.00. The maximum atomic E-state index is 5.80. The molecule has 1 saturated heterocycles. The summed E-state index contributed by atoms with van der Waals surface area (Å²) in [6.45, 7) is 10.3. The van der Waals surface area contributed by atoms with Crippen LogP contribution in [0.5, 0.6) is 0 Å². The molecular formula is C10H22N2O. The Morgan fingerprint density at radius 1 is 1.46 bits per heavy atom. The van der Waals surface area contributed by atoms with Crippen LogP contribution in [0.25, 0.3) is 0 Å². The molecule has 0 aliphatic carbocycles. The average Bonchev–Trinajstić information content (AvgIpc) is 2.33. The van der Waals surface area contributed by atoms with Gasteiger partial charge in [0.25, 0.3) is 0 Å². The molecule has 13 heavy (non-hydrogen) atoms. The summed E-state index contributed by atoms with van der Waals surface area (Å²) < 4.78 is 5.64. The number of rotatable bonds is 3. The van der Waals surface area contributed by atoms with Crippen LogP contribution in [0.2, 0.25) is 0 Å². The van der Waals surface area contributed by atoms with Crippen LogP contribution < -0.4 is 5.73 Å². The first-order valence-electron chi connectivity index (χ1n) is 5.09. The third-order valence-corrected chi connectivity index (χ3v) is 2.25. The normalized spacial score (nSPS) is 25.4. The van der Waals surface area contributed by atoms with E-state index < -0.39 is 0 Å². The zero-order chi connectivity index (χ0) is 9.90. The van der Waals surface area contributed by atoms with Crippen LogP contribution in [0.15, 0.2) is 0 Å². The van der Waals surface area contributed by atoms with Gasteiger partial charge in [0.15, 0.2) is 0 Å². The summed E-state index contributed by atoms with van der Waals surface area (Å²) >= 11 is 0. The van der Waals surface area contributed by atoms with E-state index in [9.17, 15) is 0 Å². The van der Waals surface area contributed by atoms with Crippen LogP contribution in [0.4, 0.5) is 0 Å². The molecule has 2 N–H and O–H groups in total. The fourth-order valence-electron chi connectivity index (χ4n) is 1.55. The summed E-state index contributed by atoms with van der Waals surface area (Å²) in [4.78, 5) is 2.37. The van der Waals surface area contributed by atoms with Crippen molar-refractivity contribution in [1.29, 1.82) is 0 Å². The Balaban J connectivity index is 2.07. The van der Waals surface area contributed by atoms with Gasteiger partial charge in [0.2, 0.25) is 0 Å². The van der Waals surface area contributed by atoms with Crippen molar-refractivity contribution in [2.75, 3.05) is 26.2 Å². The van der Waals surface area contributed by atoms with Crippen molar-refractivity contribution in [3.8, 4) is 0 Å². The quantitative estimate of drug-likeness (QED) is 0.709. The Morgan fingerprint density at radius 3 is 2.62 bits per heavy atom. The monoisotopic (exact) mass is 186 g/mol. The van der Waals surface area contributed by atoms with Gasteiger partial charge in [-0.2, -0.15) is 0 Å². The second kappa shape index (κ2) is 4.40. The van der Waals surface area contributed by atoms with E-state index in [1.165, 1.54) is 0 Å². The van der Waals surface area contributed by atoms with Crippen molar-refractivity contribution in [3.05, 3.63) is 0 Å². The van der Waals surface area contributed by atoms with Gasteiger partial charge in [0.1, 0.15) is 0 Å². The third-order valence-electron chi connectivity index (χ3n) is 2.25. The highest BCUT2D eigenvalue weighted by Gasteiger charge is 2.19. The predicted octanol–water partition coefficient (Wildman–Crippen LogP) is 0.835. The minimum absolute atomic E-state index is 0.0121. The largest absolute Gasteiger partial charge is 0.375 e. The molecule has 0 amide bonds. The van der Waals surface area contributed by atoms with Gasteiger partial charge in [-0.3, -0.25) is 4.90 Å². The molecule has 0 aromatic carbocycles. The molecule has 1 aliphatic rings. The number of hydrogen-bond acceptors (Lipinski definition) is 3. The molecule has 1 atom stereocenters. The summed E-state index contributed by atoms with van der Waals surface area (Å²) in [5.74, 6) is 0. The van der Waals surface area contributed by atoms with E-state index in [0.29, 0.717) is 6.04 Å². The van der Waals surface area contributed by atoms with Crippen molar-refractivity contribution in [1.82, 2.24) is 4.90 Å². The first-order chi connectivity index (χ1) is 5.97. The van der Waals surface area contributed by atoms with E-state index in [1.807, 2.05) is 0 Å². The van der Waals surface area contributed by atoms with Gasteiger partial charge >= 0.3 is 0 Å². The number of hydrogen-bond donors (Lipinski definition) is 1. The molecule has 1 rings (SSSR count). The molecule has 0 aromatic rings. The van der Waals surface area contributed by atoms with Crippen LogP contribution in [0, 0.1) is 0 Å². The molecule has 0 aromatic heterocycles. The zero-order valence-corrected chi connectivity index (χ0v) is 9.05. The molecule has 3 heteroatoms. The van der Waals surface area contributed by atoms with Crippen molar-refractivity contribution >= 4 is 0 Å². The van der Waals surface area contributed by atoms with Crippen molar-refractivity contribution < 1.29 is 4.74 Å². The van der Waals surface area contributed by atoms with Crippen LogP contribution in [-0.4, -0.2) is 42.8 Å². The predicted molar refractivity (Wildman–Crippen MR) is 54.7 cm³/mol. The number of ether oxygens (including phenoxy) is 1. The van der Waals surface area contributed by atoms with E-state index in [4.69, 9.17) is 10.5 Å². The van der Waals surface area contributed by atoms with Gasteiger partial charge in [-0.25, -0.2) is 0 Å². The van der Waals surface area contributed by atoms with Gasteiger partial charge < -0.3 is 10.5 Å². The Labute approximate surface area is 81.2 Å². The topological polar surface area (TPSA) is 38.5 Å². The lowest BCUT2D eigenvalue weighted by atomic mass is 10.2. The first kappa shape index (κ1) is 11.0. The zero-order valence-electron chi connectivity index (χ0n) is 9.05. The van der Waals surface area contributed by atoms with Crippen LogP contribution in [0.3, 0.4) is 0 Å². The molecule has 1 heterocycles. The van der Waals surface area contributed by atoms with Gasteiger partial charge in [-0.1, -0.05) is 0 Å². The maximum absolute atomic E-state index is 5.80. The van der Waals surface area contributed by atoms with E-state index in [1.54, 1.807) is 0 Å². The van der Waals surface area contributed by atoms with Crippen LogP contribution in [0.1, 0.15) is 27.2 Å². The van der Waals surface area contributed by atoms with E-state index in [2.05, 4.69) is 25.7 Å². The minimum Gasteiger partial charge on any atom is -0.375 e. The van der Waals surface area contributed by atoms with Crippen LogP contribution in [-0.2, 0) is 4.74 Å². The average molecular weight is 186 g/mol. The maximum Gasteiger partial charge on any atom is 0.0600 e. The summed E-state index contributed by atoms with van der Waals surface area (Å²) in [7, 11) is 0. The molecule has 3 nitrogen and oxygen atoms in total. The smallest absolute Gasteiger partial charge is 0.0600 e. The summed E-state index contributed by atoms with van der Waals surface area (Å²) in [6.07, 6.45) is 1.13. The molecule has 0 spiro atoms. The highest BCUT2D eigenvalue weighted by atomic mass is 16.5. The molecule has 78 valence electrons. The van der Waals surface area contributed by atoms with Gasteiger partial charge in [-0.05, 0) is 33.7 Å². The first-order valence-corrected chi connectivity index (χ1v) is 5.09. The van der Waals surface area contributed by atoms with Crippen molar-refractivity contribution in [2.45, 2.75) is 38.8 Å². The molecule has 1 aliphatic heterocycles. The third kappa shape index (κ3) is 4.60. The number of nitrogens with zero attached hydrogens (tertiary/aromatic N) is 1. The highest BCUT2D eigenvalue weighted by Crippen LogP contribution is 2.09. The summed E-state index contributed by atoms with van der Waals surface area (Å²) in [6, 6.07) is 0.384. The summed E-state index contributed by atoms with van der Waals surface area (Å²) in [5, 5.41) is 0. The molecular weight excluding hydrogens is 164 g/mol. The van der Waals surface area contributed by atoms with E-state index in [-0.39, 0.29) is 5.60 Å². The lowest BCUT2D eigenvalue weighted by molar-refractivity contribution is -0.0110. The van der Waals surface area contributed by atoms with Crippen molar-refractivity contribution in [3.63, 3.8) is 0 Å². The Hall–Kier alpha value is -0.120. The van der Waals surface area contributed by atoms with Gasteiger partial charge in [0, 0.05) is 19.1 Å². The van der Waals surface area contributed by atoms with Gasteiger partial charge in [0.05, 0.1) is 12.2 Å². The van der Waals surface area contributed by atoms with E-state index >= 15 is 0 Å². The second-order valence-electron chi connectivity index (χ2n) is 4.81. The van der Waals surface area contributed by atoms with Crippen molar-refractivity contribution in [2.24, 2.45) is 5.73 Å². The fourth-order valence-corrected chi connectivity index (χ4v) is 1.55. The molecule has 0 bridgehead atoms. The molecule has 1 unspecified atom stereocenters. The van der Waals surface area contributed by atoms with E-state index in [0.717, 1.165) is 32.7 Å². The molecule has 0 saturated carbocycles. The summed E-state index contributed by atoms with van der Waals surface area (Å²) in [5.41, 5.74) is 5.79. The second-order valence-corrected chi connectivity index (χ2v) is 4.81. The lowest BCUT2D eigenvalue weighted by Crippen LogP contribution is -2.31. The highest BCUT2D eigenvalue weighted by molar-refractivity contribution is 4.77.